The van der Waals surface area contributed by atoms with Gasteiger partial charge in [-0.05, 0) is 105 Å². The van der Waals surface area contributed by atoms with E-state index in [1.54, 1.807) is 0 Å². The van der Waals surface area contributed by atoms with Crippen molar-refractivity contribution in [3.63, 3.8) is 0 Å². The van der Waals surface area contributed by atoms with Crippen LogP contribution in [0.2, 0.25) is 0 Å². The van der Waals surface area contributed by atoms with Crippen LogP contribution < -0.4 is 9.47 Å². The van der Waals surface area contributed by atoms with Crippen molar-refractivity contribution in [2.24, 2.45) is 17.8 Å². The minimum Gasteiger partial charge on any atom is -0.488 e. The standard InChI is InChI=1S/C41H43N3O7/c1-23-27(30-16-11-17-44(30)4)20-31(49-21-24-12-7-5-8-13-24)33-28(23)18-26-19-29-35(43(2)3)37-34(39(47)41(29,48)38(46)32(26)36(33)45)40(42-51-37)50-22-25-14-9-6-10-15-25/h5-10,12-15,20,26,29-30,32,35,48H,11,16-19,21-22H2,1-4H3. The van der Waals surface area contributed by atoms with E-state index in [0.29, 0.717) is 17.7 Å². The Balaban J connectivity index is 1.19. The van der Waals surface area contributed by atoms with E-state index < -0.39 is 46.7 Å². The summed E-state index contributed by atoms with van der Waals surface area (Å²) in [5.74, 6) is -3.87. The van der Waals surface area contributed by atoms with Crippen LogP contribution in [0.1, 0.15) is 85.6 Å². The summed E-state index contributed by atoms with van der Waals surface area (Å²) in [6, 6.07) is 20.7. The SMILES string of the molecule is Cc1c(C2CCCN2C)cc(OCc2ccccc2)c2c1CC1CC3C(N(C)C)c4onc(OCc5ccccc5)c4C(=O)C3(O)C(=O)C1C2=O. The molecule has 264 valence electrons. The van der Waals surface area contributed by atoms with Gasteiger partial charge in [0.1, 0.15) is 24.5 Å². The second kappa shape index (κ2) is 12.8. The van der Waals surface area contributed by atoms with E-state index in [2.05, 4.69) is 24.0 Å². The highest BCUT2D eigenvalue weighted by atomic mass is 16.5. The second-order valence-corrected chi connectivity index (χ2v) is 14.9. The Hall–Kier alpha value is -4.64. The number of nitrogens with zero attached hydrogens (tertiary/aromatic N) is 3. The number of fused-ring (bicyclic) bond motifs is 4. The third kappa shape index (κ3) is 5.34. The average Bonchev–Trinajstić information content (AvgIpc) is 3.75. The predicted molar refractivity (Wildman–Crippen MR) is 188 cm³/mol. The molecule has 1 saturated heterocycles. The zero-order valence-electron chi connectivity index (χ0n) is 29.4. The average molecular weight is 690 g/mol. The fourth-order valence-electron chi connectivity index (χ4n) is 9.20. The molecule has 8 rings (SSSR count). The molecule has 1 N–H and O–H groups in total. The number of likely N-dealkylation sites (tertiary alicyclic amines) is 1. The van der Waals surface area contributed by atoms with Gasteiger partial charge >= 0.3 is 0 Å². The van der Waals surface area contributed by atoms with Gasteiger partial charge in [-0.2, -0.15) is 0 Å². The number of Topliss-reactive ketones (excluding diaryl/α,β-unsaturated/α-hetero) is 3. The predicted octanol–water partition coefficient (Wildman–Crippen LogP) is 5.70. The molecule has 6 atom stereocenters. The Morgan fingerprint density at radius 3 is 2.27 bits per heavy atom. The van der Waals surface area contributed by atoms with Crippen LogP contribution in [0.5, 0.6) is 11.6 Å². The second-order valence-electron chi connectivity index (χ2n) is 14.9. The summed E-state index contributed by atoms with van der Waals surface area (Å²) in [6.45, 7) is 3.42. The number of aromatic nitrogens is 1. The van der Waals surface area contributed by atoms with Gasteiger partial charge in [0.2, 0.25) is 5.78 Å². The van der Waals surface area contributed by atoms with E-state index in [4.69, 9.17) is 14.0 Å². The first-order chi connectivity index (χ1) is 24.6. The van der Waals surface area contributed by atoms with Crippen LogP contribution in [0.4, 0.5) is 0 Å². The summed E-state index contributed by atoms with van der Waals surface area (Å²) >= 11 is 0. The van der Waals surface area contributed by atoms with Crippen LogP contribution in [0.3, 0.4) is 0 Å². The zero-order chi connectivity index (χ0) is 35.6. The molecule has 0 radical (unpaired) electrons. The van der Waals surface area contributed by atoms with Gasteiger partial charge in [-0.25, -0.2) is 0 Å². The summed E-state index contributed by atoms with van der Waals surface area (Å²) in [5, 5.41) is 16.6. The maximum absolute atomic E-state index is 14.8. The van der Waals surface area contributed by atoms with Gasteiger partial charge in [0.05, 0.1) is 17.5 Å². The molecule has 1 aliphatic heterocycles. The van der Waals surface area contributed by atoms with E-state index in [1.807, 2.05) is 85.7 Å². The molecule has 0 bridgehead atoms. The van der Waals surface area contributed by atoms with Crippen LogP contribution in [0.25, 0.3) is 0 Å². The molecule has 0 spiro atoms. The van der Waals surface area contributed by atoms with Crippen molar-refractivity contribution in [2.75, 3.05) is 27.7 Å². The maximum Gasteiger partial charge on any atom is 0.265 e. The molecule has 3 aliphatic carbocycles. The molecule has 1 aromatic heterocycles. The number of hydrogen-bond donors (Lipinski definition) is 1. The van der Waals surface area contributed by atoms with Crippen molar-refractivity contribution in [1.82, 2.24) is 15.0 Å². The molecule has 10 heteroatoms. The van der Waals surface area contributed by atoms with Crippen LogP contribution in [0.15, 0.2) is 71.3 Å². The molecule has 2 heterocycles. The molecule has 0 amide bonds. The fourth-order valence-corrected chi connectivity index (χ4v) is 9.20. The van der Waals surface area contributed by atoms with Gasteiger partial charge in [0.25, 0.3) is 5.88 Å². The molecule has 4 aliphatic rings. The normalized spacial score (nSPS) is 27.2. The maximum atomic E-state index is 14.8. The Kier molecular flexibility index (Phi) is 8.44. The summed E-state index contributed by atoms with van der Waals surface area (Å²) in [4.78, 5) is 48.2. The van der Waals surface area contributed by atoms with Crippen LogP contribution in [-0.4, -0.2) is 70.7 Å². The van der Waals surface area contributed by atoms with Crippen molar-refractivity contribution in [1.29, 1.82) is 0 Å². The number of aliphatic hydroxyl groups is 1. The Labute approximate surface area is 297 Å². The van der Waals surface area contributed by atoms with Crippen LogP contribution in [-0.2, 0) is 24.4 Å². The molecule has 2 fully saturated rings. The molecule has 6 unspecified atom stereocenters. The number of carbonyl (C=O) groups excluding carboxylic acids is 3. The van der Waals surface area contributed by atoms with Crippen molar-refractivity contribution < 1.29 is 33.5 Å². The van der Waals surface area contributed by atoms with Crippen LogP contribution in [0, 0.1) is 24.7 Å². The van der Waals surface area contributed by atoms with Gasteiger partial charge in [-0.3, -0.25) is 24.2 Å². The minimum absolute atomic E-state index is 0.0492. The van der Waals surface area contributed by atoms with Gasteiger partial charge in [-0.15, -0.1) is 0 Å². The number of benzene rings is 3. The number of hydrogen-bond acceptors (Lipinski definition) is 10. The van der Waals surface area contributed by atoms with E-state index in [1.165, 1.54) is 0 Å². The summed E-state index contributed by atoms with van der Waals surface area (Å²) in [6.07, 6.45) is 2.80. The molecule has 4 aromatic rings. The van der Waals surface area contributed by atoms with Crippen molar-refractivity contribution in [2.45, 2.75) is 63.5 Å². The third-order valence-electron chi connectivity index (χ3n) is 11.7. The minimum atomic E-state index is -2.47. The van der Waals surface area contributed by atoms with Crippen molar-refractivity contribution in [3.05, 3.63) is 111 Å². The van der Waals surface area contributed by atoms with Gasteiger partial charge in [-0.1, -0.05) is 60.7 Å². The Bertz CT molecular complexity index is 2010. The quantitative estimate of drug-likeness (QED) is 0.231. The van der Waals surface area contributed by atoms with Crippen molar-refractivity contribution in [3.8, 4) is 11.6 Å². The first-order valence-electron chi connectivity index (χ1n) is 17.8. The highest BCUT2D eigenvalue weighted by molar-refractivity contribution is 6.27. The molecule has 51 heavy (non-hydrogen) atoms. The lowest BCUT2D eigenvalue weighted by Gasteiger charge is -2.51. The molecular weight excluding hydrogens is 646 g/mol. The topological polar surface area (TPSA) is 122 Å². The summed E-state index contributed by atoms with van der Waals surface area (Å²) < 4.78 is 18.2. The van der Waals surface area contributed by atoms with Gasteiger partial charge < -0.3 is 19.1 Å². The number of ketones is 3. The third-order valence-corrected chi connectivity index (χ3v) is 11.7. The monoisotopic (exact) mass is 689 g/mol. The molecular formula is C41H43N3O7. The molecule has 3 aromatic carbocycles. The highest BCUT2D eigenvalue weighted by Gasteiger charge is 2.67. The first kappa shape index (κ1) is 33.5. The van der Waals surface area contributed by atoms with Gasteiger partial charge in [0, 0.05) is 12.0 Å². The fraction of sp³-hybridized carbons (Fsp3) is 0.415. The Morgan fingerprint density at radius 1 is 0.980 bits per heavy atom. The molecule has 10 nitrogen and oxygen atoms in total. The number of rotatable bonds is 8. The molecule has 1 saturated carbocycles. The van der Waals surface area contributed by atoms with Crippen LogP contribution >= 0.6 is 0 Å². The Morgan fingerprint density at radius 2 is 1.65 bits per heavy atom. The number of carbonyl (C=O) groups is 3. The van der Waals surface area contributed by atoms with Crippen molar-refractivity contribution >= 4 is 17.3 Å². The largest absolute Gasteiger partial charge is 0.488 e. The summed E-state index contributed by atoms with van der Waals surface area (Å²) in [5.41, 5.74) is 2.73. The van der Waals surface area contributed by atoms with E-state index in [-0.39, 0.29) is 42.9 Å². The lowest BCUT2D eigenvalue weighted by molar-refractivity contribution is -0.153. The van der Waals surface area contributed by atoms with E-state index in [9.17, 15) is 19.5 Å². The zero-order valence-corrected chi connectivity index (χ0v) is 29.4. The lowest BCUT2D eigenvalue weighted by atomic mass is 9.54. The lowest BCUT2D eigenvalue weighted by Crippen LogP contribution is -2.66. The van der Waals surface area contributed by atoms with Gasteiger partial charge in [0.15, 0.2) is 22.9 Å². The highest BCUT2D eigenvalue weighted by Crippen LogP contribution is 2.56. The summed E-state index contributed by atoms with van der Waals surface area (Å²) in [7, 11) is 5.77. The van der Waals surface area contributed by atoms with E-state index in [0.717, 1.165) is 47.2 Å². The van der Waals surface area contributed by atoms with E-state index >= 15 is 0 Å². The smallest absolute Gasteiger partial charge is 0.265 e. The first-order valence-corrected chi connectivity index (χ1v) is 17.8. The number of ether oxygens (including phenoxy) is 2.